The van der Waals surface area contributed by atoms with Gasteiger partial charge < -0.3 is 5.32 Å². The molecule has 1 aliphatic heterocycles. The summed E-state index contributed by atoms with van der Waals surface area (Å²) < 4.78 is 0. The number of nitrogens with one attached hydrogen (secondary N) is 1. The van der Waals surface area contributed by atoms with E-state index in [1.807, 2.05) is 11.3 Å². The Balaban J connectivity index is 1.62. The van der Waals surface area contributed by atoms with Gasteiger partial charge in [-0.3, -0.25) is 4.90 Å². The number of hydrogen-bond acceptors (Lipinski definition) is 6. The molecule has 5 nitrogen and oxygen atoms in total. The third kappa shape index (κ3) is 4.40. The quantitative estimate of drug-likeness (QED) is 0.803. The number of rotatable bonds is 7. The topological polar surface area (TPSA) is 64.8 Å². The highest BCUT2D eigenvalue weighted by Crippen LogP contribution is 2.23. The molecule has 3 heterocycles. The molecule has 1 aliphatic rings. The molecule has 0 radical (unpaired) electrons. The van der Waals surface area contributed by atoms with Crippen LogP contribution in [0.4, 0.5) is 5.82 Å². The molecule has 3 rings (SSSR count). The van der Waals surface area contributed by atoms with Crippen LogP contribution < -0.4 is 5.32 Å². The van der Waals surface area contributed by atoms with Crippen molar-refractivity contribution in [3.63, 3.8) is 0 Å². The molecule has 26 heavy (non-hydrogen) atoms. The highest BCUT2D eigenvalue weighted by atomic mass is 32.1. The number of piperidine rings is 1. The lowest BCUT2D eigenvalue weighted by atomic mass is 9.97. The second kappa shape index (κ2) is 9.11. The third-order valence-electron chi connectivity index (χ3n) is 5.08. The highest BCUT2D eigenvalue weighted by Gasteiger charge is 2.21. The average molecular weight is 370 g/mol. The second-order valence-corrected chi connectivity index (χ2v) is 7.90. The fourth-order valence-corrected chi connectivity index (χ4v) is 4.49. The fourth-order valence-electron chi connectivity index (χ4n) is 3.74. The van der Waals surface area contributed by atoms with Crippen molar-refractivity contribution in [2.75, 3.05) is 25.0 Å². The number of nitriles is 1. The number of aryl methyl sites for hydroxylation is 1. The van der Waals surface area contributed by atoms with Crippen LogP contribution in [-0.4, -0.2) is 34.7 Å². The van der Waals surface area contributed by atoms with Gasteiger partial charge in [-0.05, 0) is 55.2 Å². The molecule has 1 atom stereocenters. The summed E-state index contributed by atoms with van der Waals surface area (Å²) in [6, 6.07) is 6.67. The van der Waals surface area contributed by atoms with Crippen LogP contribution in [0.3, 0.4) is 0 Å². The number of anilines is 1. The van der Waals surface area contributed by atoms with Crippen molar-refractivity contribution in [3.8, 4) is 6.07 Å². The molecule has 0 saturated carbocycles. The van der Waals surface area contributed by atoms with Gasteiger partial charge in [-0.2, -0.15) is 10.4 Å². The van der Waals surface area contributed by atoms with Gasteiger partial charge in [0, 0.05) is 24.5 Å². The molecule has 0 amide bonds. The number of likely N-dealkylation sites (tertiary alicyclic amines) is 1. The van der Waals surface area contributed by atoms with Crippen LogP contribution in [0.1, 0.15) is 48.4 Å². The van der Waals surface area contributed by atoms with E-state index < -0.39 is 0 Å². The Hall–Kier alpha value is -1.97. The van der Waals surface area contributed by atoms with Gasteiger partial charge in [0.05, 0.1) is 5.69 Å². The molecule has 0 spiro atoms. The maximum Gasteiger partial charge on any atom is 0.166 e. The van der Waals surface area contributed by atoms with Crippen molar-refractivity contribution in [2.24, 2.45) is 5.92 Å². The first kappa shape index (κ1) is 18.8. The molecule has 0 bridgehead atoms. The first-order valence-electron chi connectivity index (χ1n) is 9.52. The summed E-state index contributed by atoms with van der Waals surface area (Å²) in [4.78, 5) is 3.97. The van der Waals surface area contributed by atoms with Crippen LogP contribution in [0, 0.1) is 17.2 Å². The van der Waals surface area contributed by atoms with Crippen LogP contribution in [0.5, 0.6) is 0 Å². The van der Waals surface area contributed by atoms with Gasteiger partial charge in [0.2, 0.25) is 0 Å². The number of thiophene rings is 1. The van der Waals surface area contributed by atoms with E-state index in [0.717, 1.165) is 43.7 Å². The Morgan fingerprint density at radius 1 is 1.35 bits per heavy atom. The van der Waals surface area contributed by atoms with Crippen molar-refractivity contribution < 1.29 is 0 Å². The van der Waals surface area contributed by atoms with E-state index in [9.17, 15) is 5.26 Å². The summed E-state index contributed by atoms with van der Waals surface area (Å²) in [6.45, 7) is 8.28. The van der Waals surface area contributed by atoms with Gasteiger partial charge in [0.1, 0.15) is 11.6 Å². The molecule has 1 N–H and O–H groups in total. The largest absolute Gasteiger partial charge is 0.367 e. The normalized spacial score (nSPS) is 17.8. The van der Waals surface area contributed by atoms with E-state index in [-0.39, 0.29) is 0 Å². The molecule has 0 aromatic carbocycles. The Morgan fingerprint density at radius 3 is 2.92 bits per heavy atom. The molecule has 1 unspecified atom stereocenters. The first-order chi connectivity index (χ1) is 12.7. The van der Waals surface area contributed by atoms with Crippen molar-refractivity contribution >= 4 is 17.2 Å². The lowest BCUT2D eigenvalue weighted by Gasteiger charge is -2.32. The average Bonchev–Trinajstić information content (AvgIpc) is 3.18. The predicted octanol–water partition coefficient (Wildman–Crippen LogP) is 3.86. The van der Waals surface area contributed by atoms with E-state index in [1.165, 1.54) is 24.3 Å². The maximum atomic E-state index is 9.61. The predicted molar refractivity (Wildman–Crippen MR) is 106 cm³/mol. The van der Waals surface area contributed by atoms with E-state index in [4.69, 9.17) is 0 Å². The maximum absolute atomic E-state index is 9.61. The van der Waals surface area contributed by atoms with Crippen molar-refractivity contribution in [1.82, 2.24) is 15.1 Å². The summed E-state index contributed by atoms with van der Waals surface area (Å²) >= 11 is 1.83. The molecule has 6 heteroatoms. The smallest absolute Gasteiger partial charge is 0.166 e. The zero-order valence-electron chi connectivity index (χ0n) is 15.7. The van der Waals surface area contributed by atoms with Crippen LogP contribution in [0.15, 0.2) is 17.5 Å². The molecule has 2 aromatic rings. The summed E-state index contributed by atoms with van der Waals surface area (Å²) in [5.74, 6) is 1.23. The van der Waals surface area contributed by atoms with Gasteiger partial charge in [0.15, 0.2) is 5.82 Å². The molecule has 0 aliphatic carbocycles. The summed E-state index contributed by atoms with van der Waals surface area (Å²) in [7, 11) is 0. The Kier molecular flexibility index (Phi) is 6.59. The van der Waals surface area contributed by atoms with Gasteiger partial charge >= 0.3 is 0 Å². The van der Waals surface area contributed by atoms with E-state index in [0.29, 0.717) is 17.3 Å². The lowest BCUT2D eigenvalue weighted by molar-refractivity contribution is 0.174. The molecule has 138 valence electrons. The third-order valence-corrected chi connectivity index (χ3v) is 5.94. The van der Waals surface area contributed by atoms with Gasteiger partial charge in [-0.25, -0.2) is 0 Å². The Bertz CT molecular complexity index is 750. The Morgan fingerprint density at radius 2 is 2.23 bits per heavy atom. The zero-order valence-corrected chi connectivity index (χ0v) is 16.5. The molecular weight excluding hydrogens is 342 g/mol. The van der Waals surface area contributed by atoms with Crippen molar-refractivity contribution in [3.05, 3.63) is 39.2 Å². The lowest BCUT2D eigenvalue weighted by Crippen LogP contribution is -2.37. The molecule has 2 aromatic heterocycles. The summed E-state index contributed by atoms with van der Waals surface area (Å²) in [5, 5.41) is 23.8. The van der Waals surface area contributed by atoms with E-state index in [1.54, 1.807) is 0 Å². The minimum atomic E-state index is 0.577. The second-order valence-electron chi connectivity index (χ2n) is 6.87. The minimum Gasteiger partial charge on any atom is -0.367 e. The Labute approximate surface area is 160 Å². The first-order valence-corrected chi connectivity index (χ1v) is 10.4. The van der Waals surface area contributed by atoms with E-state index in [2.05, 4.69) is 57.8 Å². The minimum absolute atomic E-state index is 0.577. The van der Waals surface area contributed by atoms with Crippen LogP contribution >= 0.6 is 11.3 Å². The number of aromatic nitrogens is 2. The van der Waals surface area contributed by atoms with Crippen LogP contribution in [-0.2, 0) is 19.4 Å². The molecule has 1 fully saturated rings. The molecular formula is C20H27N5S. The van der Waals surface area contributed by atoms with Gasteiger partial charge in [-0.15, -0.1) is 16.4 Å². The summed E-state index contributed by atoms with van der Waals surface area (Å²) in [5.41, 5.74) is 2.65. The molecule has 1 saturated heterocycles. The van der Waals surface area contributed by atoms with Crippen molar-refractivity contribution in [2.45, 2.75) is 46.1 Å². The zero-order chi connectivity index (χ0) is 18.4. The standard InChI is InChI=1S/C20H27N5S/c1-3-17-18(11-21)20(24-23-19(17)4-2)22-12-15-7-5-9-25(13-15)14-16-8-6-10-26-16/h6,8,10,15H,3-5,7,9,12-14H2,1-2H3,(H,22,24). The monoisotopic (exact) mass is 369 g/mol. The van der Waals surface area contributed by atoms with Crippen LogP contribution in [0.2, 0.25) is 0 Å². The summed E-state index contributed by atoms with van der Waals surface area (Å²) in [6.07, 6.45) is 4.07. The van der Waals surface area contributed by atoms with Gasteiger partial charge in [-0.1, -0.05) is 19.9 Å². The highest BCUT2D eigenvalue weighted by molar-refractivity contribution is 7.09. The number of hydrogen-bond donors (Lipinski definition) is 1. The SMILES string of the molecule is CCc1nnc(NCC2CCCN(Cc3cccs3)C2)c(C#N)c1CC. The fraction of sp³-hybridized carbons (Fsp3) is 0.550. The number of nitrogens with zero attached hydrogens (tertiary/aromatic N) is 4. The van der Waals surface area contributed by atoms with Gasteiger partial charge in [0.25, 0.3) is 0 Å². The van der Waals surface area contributed by atoms with E-state index >= 15 is 0 Å². The van der Waals surface area contributed by atoms with Crippen molar-refractivity contribution in [1.29, 1.82) is 5.26 Å². The van der Waals surface area contributed by atoms with Crippen LogP contribution in [0.25, 0.3) is 0 Å².